The van der Waals surface area contributed by atoms with Gasteiger partial charge in [0.1, 0.15) is 5.82 Å². The molecule has 1 aliphatic rings. The maximum absolute atomic E-state index is 10.6. The maximum atomic E-state index is 10.6. The first-order valence-corrected chi connectivity index (χ1v) is 10.5. The summed E-state index contributed by atoms with van der Waals surface area (Å²) in [5.74, 6) is -4.38. The zero-order valence-electron chi connectivity index (χ0n) is 19.2. The Hall–Kier alpha value is -3.95. The molecule has 1 atom stereocenters. The summed E-state index contributed by atoms with van der Waals surface area (Å²) in [5.41, 5.74) is 2.32. The lowest BCUT2D eigenvalue weighted by Gasteiger charge is -2.34. The van der Waals surface area contributed by atoms with E-state index in [1.54, 1.807) is 0 Å². The highest BCUT2D eigenvalue weighted by atomic mass is 19.4. The Morgan fingerprint density at radius 3 is 2.05 bits per heavy atom. The number of halogens is 6. The van der Waals surface area contributed by atoms with Gasteiger partial charge in [-0.3, -0.25) is 14.6 Å². The molecule has 4 heterocycles. The lowest BCUT2D eigenvalue weighted by atomic mass is 10.2. The monoisotopic (exact) mass is 536 g/mol. The molecule has 0 saturated carbocycles. The maximum Gasteiger partial charge on any atom is 0.490 e. The second kappa shape index (κ2) is 12.3. The molecule has 0 bridgehead atoms. The van der Waals surface area contributed by atoms with E-state index in [-0.39, 0.29) is 6.04 Å². The predicted octanol–water partition coefficient (Wildman–Crippen LogP) is 3.37. The second-order valence-corrected chi connectivity index (χ2v) is 7.54. The number of pyridine rings is 1. The van der Waals surface area contributed by atoms with E-state index in [1.165, 1.54) is 5.69 Å². The van der Waals surface area contributed by atoms with Crippen LogP contribution in [0.25, 0.3) is 0 Å². The van der Waals surface area contributed by atoms with Gasteiger partial charge in [-0.2, -0.15) is 31.4 Å². The molecule has 16 heteroatoms. The number of rotatable bonds is 4. The van der Waals surface area contributed by atoms with Crippen LogP contribution in [0, 0.1) is 0 Å². The summed E-state index contributed by atoms with van der Waals surface area (Å²) in [5, 5.41) is 18.5. The van der Waals surface area contributed by atoms with Crippen molar-refractivity contribution in [2.24, 2.45) is 0 Å². The average molecular weight is 536 g/mol. The molecule has 0 amide bonds. The fourth-order valence-electron chi connectivity index (χ4n) is 3.21. The Morgan fingerprint density at radius 2 is 1.57 bits per heavy atom. The van der Waals surface area contributed by atoms with Crippen LogP contribution in [-0.2, 0) is 29.2 Å². The second-order valence-electron chi connectivity index (χ2n) is 7.54. The summed E-state index contributed by atoms with van der Waals surface area (Å²) >= 11 is 0. The zero-order valence-corrected chi connectivity index (χ0v) is 19.2. The number of carboxylic acids is 2. The molecule has 202 valence electrons. The first kappa shape index (κ1) is 29.3. The lowest BCUT2D eigenvalue weighted by molar-refractivity contribution is -0.193. The highest BCUT2D eigenvalue weighted by Crippen LogP contribution is 2.26. The van der Waals surface area contributed by atoms with Gasteiger partial charge in [0, 0.05) is 38.2 Å². The third-order valence-electron chi connectivity index (χ3n) is 4.96. The first-order valence-electron chi connectivity index (χ1n) is 10.5. The number of hydrogen-bond acceptors (Lipinski definition) is 6. The minimum absolute atomic E-state index is 0.289. The summed E-state index contributed by atoms with van der Waals surface area (Å²) in [6.07, 6.45) is -2.53. The number of aliphatic carboxylic acids is 2. The van der Waals surface area contributed by atoms with Gasteiger partial charge in [-0.25, -0.2) is 14.6 Å². The van der Waals surface area contributed by atoms with Crippen LogP contribution in [-0.4, -0.2) is 70.3 Å². The number of nitrogens with zero attached hydrogens (tertiary/aromatic N) is 6. The van der Waals surface area contributed by atoms with E-state index < -0.39 is 24.3 Å². The Bertz CT molecular complexity index is 1120. The Kier molecular flexibility index (Phi) is 9.76. The van der Waals surface area contributed by atoms with Gasteiger partial charge < -0.3 is 14.8 Å². The molecular weight excluding hydrogens is 514 g/mol. The van der Waals surface area contributed by atoms with Crippen molar-refractivity contribution in [1.82, 2.24) is 29.2 Å². The number of imidazole rings is 1. The van der Waals surface area contributed by atoms with Gasteiger partial charge in [0.05, 0.1) is 30.2 Å². The Labute approximate surface area is 205 Å². The van der Waals surface area contributed by atoms with Crippen LogP contribution in [0.1, 0.15) is 30.2 Å². The van der Waals surface area contributed by atoms with E-state index >= 15 is 0 Å². The smallest absolute Gasteiger partial charge is 0.475 e. The molecule has 4 rings (SSSR count). The van der Waals surface area contributed by atoms with Crippen LogP contribution in [0.5, 0.6) is 0 Å². The largest absolute Gasteiger partial charge is 0.490 e. The van der Waals surface area contributed by atoms with E-state index in [9.17, 15) is 26.3 Å². The summed E-state index contributed by atoms with van der Waals surface area (Å²) < 4.78 is 67.7. The van der Waals surface area contributed by atoms with Gasteiger partial charge in [-0.05, 0) is 25.1 Å². The molecule has 3 aromatic heterocycles. The lowest BCUT2D eigenvalue weighted by Crippen LogP contribution is -2.37. The van der Waals surface area contributed by atoms with Crippen molar-refractivity contribution in [3.8, 4) is 0 Å². The van der Waals surface area contributed by atoms with Gasteiger partial charge in [0.2, 0.25) is 0 Å². The normalized spacial score (nSPS) is 15.5. The molecule has 2 N–H and O–H groups in total. The quantitative estimate of drug-likeness (QED) is 0.487. The van der Waals surface area contributed by atoms with Gasteiger partial charge in [-0.1, -0.05) is 6.07 Å². The van der Waals surface area contributed by atoms with Gasteiger partial charge in [0.25, 0.3) is 0 Å². The number of hydrogen-bond donors (Lipinski definition) is 2. The minimum atomic E-state index is -5.08. The number of fused-ring (bicyclic) bond motifs is 1. The van der Waals surface area contributed by atoms with Crippen LogP contribution >= 0.6 is 0 Å². The molecular formula is C21H22F6N6O4. The van der Waals surface area contributed by atoms with Crippen LogP contribution < -0.4 is 0 Å². The molecule has 1 aliphatic heterocycles. The zero-order chi connectivity index (χ0) is 27.8. The van der Waals surface area contributed by atoms with Gasteiger partial charge >= 0.3 is 24.3 Å². The summed E-state index contributed by atoms with van der Waals surface area (Å²) in [7, 11) is 0. The van der Waals surface area contributed by atoms with Crippen molar-refractivity contribution >= 4 is 11.9 Å². The van der Waals surface area contributed by atoms with E-state index in [1.807, 2.05) is 47.7 Å². The topological polar surface area (TPSA) is 126 Å². The van der Waals surface area contributed by atoms with E-state index in [2.05, 4.69) is 37.5 Å². The Balaban J connectivity index is 0.000000286. The van der Waals surface area contributed by atoms with E-state index in [0.29, 0.717) is 0 Å². The standard InChI is InChI=1S/C17H20N6.2C2HF3O2/c1-14-17-19-11-16(13-22-8-4-7-20-22)23(17)10-9-21(14)12-15-5-2-3-6-18-15;2*3-2(4,5)1(6)7/h2-8,11,14H,9-10,12-13H2,1H3;2*(H,6,7). The molecule has 0 aliphatic carbocycles. The average Bonchev–Trinajstić information content (AvgIpc) is 3.47. The molecule has 10 nitrogen and oxygen atoms in total. The number of carboxylic acid groups (broad SMARTS) is 2. The highest BCUT2D eigenvalue weighted by molar-refractivity contribution is 5.73. The van der Waals surface area contributed by atoms with Crippen molar-refractivity contribution in [1.29, 1.82) is 0 Å². The fraction of sp³-hybridized carbons (Fsp3) is 0.381. The molecule has 0 saturated heterocycles. The van der Waals surface area contributed by atoms with Crippen molar-refractivity contribution in [2.45, 2.75) is 45.0 Å². The first-order chi connectivity index (χ1) is 17.2. The molecule has 0 aromatic carbocycles. The molecule has 0 fully saturated rings. The summed E-state index contributed by atoms with van der Waals surface area (Å²) in [6, 6.07) is 8.32. The van der Waals surface area contributed by atoms with Crippen molar-refractivity contribution in [2.75, 3.05) is 6.54 Å². The third kappa shape index (κ3) is 8.89. The van der Waals surface area contributed by atoms with Crippen LogP contribution in [0.3, 0.4) is 0 Å². The van der Waals surface area contributed by atoms with Gasteiger partial charge in [0.15, 0.2) is 0 Å². The SMILES string of the molecule is CC1c2ncc(Cn3cccn3)n2CCN1Cc1ccccn1.O=C(O)C(F)(F)F.O=C(O)C(F)(F)F. The van der Waals surface area contributed by atoms with E-state index in [0.717, 1.165) is 37.7 Å². The van der Waals surface area contributed by atoms with Crippen LogP contribution in [0.4, 0.5) is 26.3 Å². The molecule has 0 radical (unpaired) electrons. The van der Waals surface area contributed by atoms with Gasteiger partial charge in [-0.15, -0.1) is 0 Å². The van der Waals surface area contributed by atoms with Crippen molar-refractivity contribution in [3.63, 3.8) is 0 Å². The molecule has 37 heavy (non-hydrogen) atoms. The summed E-state index contributed by atoms with van der Waals surface area (Å²) in [4.78, 5) is 29.3. The van der Waals surface area contributed by atoms with Crippen LogP contribution in [0.2, 0.25) is 0 Å². The predicted molar refractivity (Wildman–Crippen MR) is 114 cm³/mol. The number of alkyl halides is 6. The van der Waals surface area contributed by atoms with E-state index in [4.69, 9.17) is 19.8 Å². The minimum Gasteiger partial charge on any atom is -0.475 e. The molecule has 0 spiro atoms. The Morgan fingerprint density at radius 1 is 0.946 bits per heavy atom. The molecule has 1 unspecified atom stereocenters. The third-order valence-corrected chi connectivity index (χ3v) is 4.96. The van der Waals surface area contributed by atoms with Crippen molar-refractivity contribution in [3.05, 3.63) is 66.3 Å². The summed E-state index contributed by atoms with van der Waals surface area (Å²) in [6.45, 7) is 5.82. The highest BCUT2D eigenvalue weighted by Gasteiger charge is 2.38. The van der Waals surface area contributed by atoms with Crippen molar-refractivity contribution < 1.29 is 46.1 Å². The fourth-order valence-corrected chi connectivity index (χ4v) is 3.21. The molecule has 3 aromatic rings. The number of aromatic nitrogens is 5. The number of carbonyl (C=O) groups is 2. The van der Waals surface area contributed by atoms with Crippen LogP contribution in [0.15, 0.2) is 49.1 Å².